The molecule has 0 saturated carbocycles. The summed E-state index contributed by atoms with van der Waals surface area (Å²) in [7, 11) is 0. The maximum absolute atomic E-state index is 12.3. The number of hydrogen-bond acceptors (Lipinski definition) is 3. The summed E-state index contributed by atoms with van der Waals surface area (Å²) in [6.07, 6.45) is 1.95. The van der Waals surface area contributed by atoms with Crippen molar-refractivity contribution in [3.63, 3.8) is 0 Å². The highest BCUT2D eigenvalue weighted by Gasteiger charge is 2.33. The zero-order valence-electron chi connectivity index (χ0n) is 10.8. The van der Waals surface area contributed by atoms with Crippen LogP contribution in [0.15, 0.2) is 64.0 Å². The smallest absolute Gasteiger partial charge is 0.260 e. The van der Waals surface area contributed by atoms with Gasteiger partial charge in [0.2, 0.25) is 0 Å². The lowest BCUT2D eigenvalue weighted by Gasteiger charge is -2.16. The monoisotopic (exact) mass is 375 g/mol. The summed E-state index contributed by atoms with van der Waals surface area (Å²) in [5, 5.41) is -0.0749. The van der Waals surface area contributed by atoms with E-state index in [4.69, 9.17) is 12.2 Å². The highest BCUT2D eigenvalue weighted by molar-refractivity contribution is 9.10. The molecule has 0 radical (unpaired) electrons. The molecule has 104 valence electrons. The summed E-state index contributed by atoms with van der Waals surface area (Å²) in [6.45, 7) is 0. The zero-order chi connectivity index (χ0) is 14.8. The number of carbonyl (C=O) groups is 1. The summed E-state index contributed by atoms with van der Waals surface area (Å²) in [4.78, 5) is 15.2. The molecule has 0 aliphatic carbocycles. The largest absolute Gasteiger partial charge is 0.296 e. The van der Waals surface area contributed by atoms with E-state index in [0.29, 0.717) is 4.99 Å². The van der Waals surface area contributed by atoms with Gasteiger partial charge in [-0.25, -0.2) is 0 Å². The van der Waals surface area contributed by atoms with Crippen LogP contribution in [0.25, 0.3) is 6.08 Å². The molecule has 0 bridgehead atoms. The van der Waals surface area contributed by atoms with Crippen molar-refractivity contribution in [1.82, 2.24) is 0 Å². The van der Waals surface area contributed by atoms with Gasteiger partial charge in [0, 0.05) is 4.47 Å². The molecule has 2 aromatic carbocycles. The van der Waals surface area contributed by atoms with Gasteiger partial charge in [0.15, 0.2) is 0 Å². The van der Waals surface area contributed by atoms with Crippen molar-refractivity contribution in [2.24, 2.45) is 0 Å². The molecule has 3 rings (SSSR count). The molecule has 0 atom stereocenters. The highest BCUT2D eigenvalue weighted by atomic mass is 79.9. The summed E-state index contributed by atoms with van der Waals surface area (Å²) >= 11 is 10.1. The molecule has 2 aromatic rings. The highest BCUT2D eigenvalue weighted by Crippen LogP contribution is 2.39. The average molecular weight is 376 g/mol. The third-order valence-electron chi connectivity index (χ3n) is 2.98. The van der Waals surface area contributed by atoms with Crippen LogP contribution in [0.4, 0.5) is 10.5 Å². The Hall–Kier alpha value is -1.43. The van der Waals surface area contributed by atoms with Gasteiger partial charge in [0.25, 0.3) is 5.24 Å². The van der Waals surface area contributed by atoms with Crippen molar-refractivity contribution in [1.29, 1.82) is 0 Å². The first kappa shape index (κ1) is 14.5. The van der Waals surface area contributed by atoms with Crippen LogP contribution in [0.3, 0.4) is 0 Å². The predicted molar refractivity (Wildman–Crippen MR) is 96.6 cm³/mol. The van der Waals surface area contributed by atoms with E-state index in [1.165, 1.54) is 11.8 Å². The summed E-state index contributed by atoms with van der Waals surface area (Å²) in [5.74, 6) is 0. The molecular weight excluding hydrogens is 366 g/mol. The van der Waals surface area contributed by atoms with Crippen LogP contribution in [-0.2, 0) is 0 Å². The molecule has 1 saturated heterocycles. The van der Waals surface area contributed by atoms with E-state index in [2.05, 4.69) is 15.9 Å². The van der Waals surface area contributed by atoms with E-state index >= 15 is 0 Å². The molecule has 0 N–H and O–H groups in total. The minimum atomic E-state index is -0.0749. The first-order valence-corrected chi connectivity index (χ1v) is 8.26. The molecule has 1 aliphatic heterocycles. The van der Waals surface area contributed by atoms with Gasteiger partial charge >= 0.3 is 0 Å². The Balaban J connectivity index is 1.97. The first-order chi connectivity index (χ1) is 10.2. The van der Waals surface area contributed by atoms with Crippen LogP contribution in [0.1, 0.15) is 5.56 Å². The van der Waals surface area contributed by atoms with Crippen molar-refractivity contribution in [2.45, 2.75) is 0 Å². The van der Waals surface area contributed by atoms with Crippen molar-refractivity contribution in [2.75, 3.05) is 4.90 Å². The lowest BCUT2D eigenvalue weighted by molar-refractivity contribution is 0.268. The number of halogens is 1. The lowest BCUT2D eigenvalue weighted by atomic mass is 10.2. The Morgan fingerprint density at radius 1 is 1.05 bits per heavy atom. The maximum Gasteiger partial charge on any atom is 0.296 e. The molecular formula is C16H10BrNOS2. The third-order valence-corrected chi connectivity index (χ3v) is 5.07. The standard InChI is InChI=1S/C16H10BrNOS2/c17-12-8-4-5-9-13(12)18-15(20)14(21-16(18)19)10-11-6-2-1-3-7-11/h1-10H/b14-10-. The lowest BCUT2D eigenvalue weighted by Crippen LogP contribution is -2.26. The summed E-state index contributed by atoms with van der Waals surface area (Å²) in [6, 6.07) is 17.4. The number of para-hydroxylation sites is 1. The van der Waals surface area contributed by atoms with Crippen LogP contribution in [0, 0.1) is 0 Å². The van der Waals surface area contributed by atoms with E-state index in [1.807, 2.05) is 60.7 Å². The number of thioether (sulfide) groups is 1. The molecule has 1 heterocycles. The number of anilines is 1. The van der Waals surface area contributed by atoms with Crippen LogP contribution >= 0.6 is 39.9 Å². The van der Waals surface area contributed by atoms with Crippen LogP contribution in [-0.4, -0.2) is 10.2 Å². The van der Waals surface area contributed by atoms with E-state index in [0.717, 1.165) is 20.6 Å². The second-order valence-electron chi connectivity index (χ2n) is 4.38. The van der Waals surface area contributed by atoms with Crippen LogP contribution < -0.4 is 4.90 Å². The third kappa shape index (κ3) is 2.95. The number of rotatable bonds is 2. The number of carbonyl (C=O) groups excluding carboxylic acids is 1. The molecule has 1 fully saturated rings. The molecule has 1 aliphatic rings. The van der Waals surface area contributed by atoms with E-state index in [-0.39, 0.29) is 5.24 Å². The van der Waals surface area contributed by atoms with Crippen LogP contribution in [0.5, 0.6) is 0 Å². The van der Waals surface area contributed by atoms with Gasteiger partial charge in [0.1, 0.15) is 4.99 Å². The van der Waals surface area contributed by atoms with Gasteiger partial charge in [-0.2, -0.15) is 0 Å². The van der Waals surface area contributed by atoms with E-state index in [9.17, 15) is 4.79 Å². The van der Waals surface area contributed by atoms with Crippen molar-refractivity contribution < 1.29 is 4.79 Å². The molecule has 21 heavy (non-hydrogen) atoms. The average Bonchev–Trinajstić information content (AvgIpc) is 2.76. The van der Waals surface area contributed by atoms with Crippen molar-refractivity contribution in [3.05, 3.63) is 69.5 Å². The Morgan fingerprint density at radius 3 is 2.43 bits per heavy atom. The zero-order valence-corrected chi connectivity index (χ0v) is 14.0. The molecule has 0 aromatic heterocycles. The molecule has 5 heteroatoms. The molecule has 2 nitrogen and oxygen atoms in total. The van der Waals surface area contributed by atoms with Gasteiger partial charge in [-0.15, -0.1) is 0 Å². The Kier molecular flexibility index (Phi) is 4.24. The first-order valence-electron chi connectivity index (χ1n) is 6.24. The maximum atomic E-state index is 12.3. The number of amides is 1. The van der Waals surface area contributed by atoms with Crippen molar-refractivity contribution in [3.8, 4) is 0 Å². The van der Waals surface area contributed by atoms with Gasteiger partial charge < -0.3 is 0 Å². The van der Waals surface area contributed by atoms with E-state index in [1.54, 1.807) is 4.90 Å². The molecule has 0 spiro atoms. The van der Waals surface area contributed by atoms with Crippen molar-refractivity contribution >= 4 is 61.9 Å². The summed E-state index contributed by atoms with van der Waals surface area (Å²) < 4.78 is 0.849. The second-order valence-corrected chi connectivity index (χ2v) is 6.61. The van der Waals surface area contributed by atoms with Gasteiger partial charge in [-0.05, 0) is 51.5 Å². The number of nitrogens with zero attached hydrogens (tertiary/aromatic N) is 1. The quantitative estimate of drug-likeness (QED) is 0.511. The fourth-order valence-corrected chi connectivity index (χ4v) is 3.74. The fourth-order valence-electron chi connectivity index (χ4n) is 2.01. The summed E-state index contributed by atoms with van der Waals surface area (Å²) in [5.41, 5.74) is 1.81. The SMILES string of the molecule is O=C1S/C(=C\c2ccccc2)C(=S)N1c1ccccc1Br. The number of benzene rings is 2. The van der Waals surface area contributed by atoms with Gasteiger partial charge in [0.05, 0.1) is 10.6 Å². The van der Waals surface area contributed by atoms with E-state index < -0.39 is 0 Å². The molecule has 0 unspecified atom stereocenters. The normalized spacial score (nSPS) is 16.8. The topological polar surface area (TPSA) is 20.3 Å². The Bertz CT molecular complexity index is 743. The number of hydrogen-bond donors (Lipinski definition) is 0. The fraction of sp³-hybridized carbons (Fsp3) is 0. The van der Waals surface area contributed by atoms with Gasteiger partial charge in [-0.3, -0.25) is 9.69 Å². The minimum Gasteiger partial charge on any atom is -0.260 e. The Morgan fingerprint density at radius 2 is 1.71 bits per heavy atom. The molecule has 1 amide bonds. The van der Waals surface area contributed by atoms with Crippen LogP contribution in [0.2, 0.25) is 0 Å². The second kappa shape index (κ2) is 6.13. The Labute approximate surface area is 141 Å². The van der Waals surface area contributed by atoms with Gasteiger partial charge in [-0.1, -0.05) is 54.7 Å². The minimum absolute atomic E-state index is 0.0749. The predicted octanol–water partition coefficient (Wildman–Crippen LogP) is 5.49. The number of thiocarbonyl (C=S) groups is 1.